The van der Waals surface area contributed by atoms with E-state index in [4.69, 9.17) is 14.9 Å². The molecule has 1 aromatic carbocycles. The molecule has 0 radical (unpaired) electrons. The Morgan fingerprint density at radius 2 is 2.00 bits per heavy atom. The number of carboxylic acids is 1. The summed E-state index contributed by atoms with van der Waals surface area (Å²) in [4.78, 5) is 22.0. The Morgan fingerprint density at radius 1 is 1.37 bits per heavy atom. The molecule has 1 amide bonds. The second-order valence-corrected chi connectivity index (χ2v) is 3.69. The summed E-state index contributed by atoms with van der Waals surface area (Å²) in [7, 11) is 0. The van der Waals surface area contributed by atoms with Gasteiger partial charge in [-0.3, -0.25) is 4.79 Å². The first kappa shape index (κ1) is 14.7. The van der Waals surface area contributed by atoms with Gasteiger partial charge in [-0.2, -0.15) is 0 Å². The van der Waals surface area contributed by atoms with E-state index in [0.717, 1.165) is 0 Å². The third kappa shape index (κ3) is 4.81. The van der Waals surface area contributed by atoms with Crippen LogP contribution in [0.3, 0.4) is 0 Å². The summed E-state index contributed by atoms with van der Waals surface area (Å²) in [6.07, 6.45) is -0.00683. The molecule has 0 fully saturated rings. The second kappa shape index (κ2) is 7.17. The zero-order valence-corrected chi connectivity index (χ0v) is 10.2. The lowest BCUT2D eigenvalue weighted by atomic mass is 10.2. The standard InChI is InChI=1S/C13H15NO5/c1-2-7-19-10-5-3-9(4-6-10)12(16)14-8-11(15)13(17)18/h2-6,11,15H,1,7-8H2,(H,14,16)(H,17,18)/t11-/m0/s1. The quantitative estimate of drug-likeness (QED) is 0.621. The minimum Gasteiger partial charge on any atom is -0.490 e. The van der Waals surface area contributed by atoms with Crippen molar-refractivity contribution in [3.8, 4) is 5.75 Å². The topological polar surface area (TPSA) is 95.9 Å². The third-order valence-corrected chi connectivity index (χ3v) is 2.23. The minimum absolute atomic E-state index is 0.344. The number of rotatable bonds is 7. The second-order valence-electron chi connectivity index (χ2n) is 3.69. The molecular formula is C13H15NO5. The summed E-state index contributed by atoms with van der Waals surface area (Å²) in [6, 6.07) is 6.32. The molecule has 6 nitrogen and oxygen atoms in total. The lowest BCUT2D eigenvalue weighted by Gasteiger charge is -2.08. The average molecular weight is 265 g/mol. The first-order valence-electron chi connectivity index (χ1n) is 5.57. The summed E-state index contributed by atoms with van der Waals surface area (Å²) < 4.78 is 5.25. The highest BCUT2D eigenvalue weighted by Gasteiger charge is 2.14. The maximum absolute atomic E-state index is 11.6. The van der Waals surface area contributed by atoms with Crippen LogP contribution in [-0.4, -0.2) is 41.3 Å². The van der Waals surface area contributed by atoms with Crippen molar-refractivity contribution < 1.29 is 24.5 Å². The molecule has 3 N–H and O–H groups in total. The van der Waals surface area contributed by atoms with Gasteiger partial charge in [0, 0.05) is 5.56 Å². The van der Waals surface area contributed by atoms with Gasteiger partial charge in [-0.25, -0.2) is 4.79 Å². The van der Waals surface area contributed by atoms with Crippen LogP contribution >= 0.6 is 0 Å². The van der Waals surface area contributed by atoms with Crippen LogP contribution in [0.5, 0.6) is 5.75 Å². The van der Waals surface area contributed by atoms with Crippen molar-refractivity contribution in [1.29, 1.82) is 0 Å². The van der Waals surface area contributed by atoms with E-state index in [2.05, 4.69) is 11.9 Å². The SMILES string of the molecule is C=CCOc1ccc(C(=O)NC[C@H](O)C(=O)O)cc1. The van der Waals surface area contributed by atoms with E-state index in [1.807, 2.05) is 0 Å². The maximum Gasteiger partial charge on any atom is 0.334 e. The number of carbonyl (C=O) groups excluding carboxylic acids is 1. The summed E-state index contributed by atoms with van der Waals surface area (Å²) in [6.45, 7) is 3.54. The molecule has 19 heavy (non-hydrogen) atoms. The van der Waals surface area contributed by atoms with Crippen LogP contribution in [-0.2, 0) is 4.79 Å². The molecular weight excluding hydrogens is 250 g/mol. The molecule has 0 heterocycles. The first-order valence-corrected chi connectivity index (χ1v) is 5.57. The molecule has 0 aromatic heterocycles. The smallest absolute Gasteiger partial charge is 0.334 e. The Morgan fingerprint density at radius 3 is 2.53 bits per heavy atom. The summed E-state index contributed by atoms with van der Waals surface area (Å²) in [5, 5.41) is 19.8. The number of benzene rings is 1. The molecule has 0 saturated carbocycles. The van der Waals surface area contributed by atoms with Gasteiger partial charge in [0.05, 0.1) is 6.54 Å². The molecule has 0 saturated heterocycles. The molecule has 1 aromatic rings. The average Bonchev–Trinajstić information content (AvgIpc) is 2.42. The van der Waals surface area contributed by atoms with E-state index in [-0.39, 0.29) is 6.54 Å². The van der Waals surface area contributed by atoms with Crippen molar-refractivity contribution >= 4 is 11.9 Å². The number of carbonyl (C=O) groups is 2. The van der Waals surface area contributed by atoms with Crippen LogP contribution in [0, 0.1) is 0 Å². The van der Waals surface area contributed by atoms with E-state index in [0.29, 0.717) is 17.9 Å². The van der Waals surface area contributed by atoms with Crippen molar-refractivity contribution in [2.24, 2.45) is 0 Å². The van der Waals surface area contributed by atoms with Gasteiger partial charge in [0.1, 0.15) is 12.4 Å². The zero-order chi connectivity index (χ0) is 14.3. The molecule has 0 aliphatic carbocycles. The summed E-state index contributed by atoms with van der Waals surface area (Å²) >= 11 is 0. The first-order chi connectivity index (χ1) is 9.04. The predicted octanol–water partition coefficient (Wildman–Crippen LogP) is 0.427. The normalized spacial score (nSPS) is 11.4. The van der Waals surface area contributed by atoms with Crippen LogP contribution < -0.4 is 10.1 Å². The Balaban J connectivity index is 2.53. The number of aliphatic hydroxyl groups excluding tert-OH is 1. The third-order valence-electron chi connectivity index (χ3n) is 2.23. The van der Waals surface area contributed by atoms with Gasteiger partial charge >= 0.3 is 5.97 Å². The minimum atomic E-state index is -1.61. The monoisotopic (exact) mass is 265 g/mol. The molecule has 0 spiro atoms. The lowest BCUT2D eigenvalue weighted by Crippen LogP contribution is -2.36. The number of ether oxygens (including phenoxy) is 1. The highest BCUT2D eigenvalue weighted by Crippen LogP contribution is 2.12. The summed E-state index contributed by atoms with van der Waals surface area (Å²) in [5.74, 6) is -1.24. The van der Waals surface area contributed by atoms with Gasteiger partial charge in [0.15, 0.2) is 6.10 Å². The van der Waals surface area contributed by atoms with Crippen LogP contribution in [0.25, 0.3) is 0 Å². The van der Waals surface area contributed by atoms with Crippen LogP contribution in [0.4, 0.5) is 0 Å². The number of hydrogen-bond donors (Lipinski definition) is 3. The predicted molar refractivity (Wildman–Crippen MR) is 68.1 cm³/mol. The molecule has 0 unspecified atom stereocenters. The molecule has 6 heteroatoms. The number of aliphatic hydroxyl groups is 1. The number of carboxylic acid groups (broad SMARTS) is 1. The Kier molecular flexibility index (Phi) is 5.56. The Hall–Kier alpha value is -2.34. The molecule has 0 aliphatic heterocycles. The highest BCUT2D eigenvalue weighted by molar-refractivity contribution is 5.94. The van der Waals surface area contributed by atoms with Gasteiger partial charge in [0.25, 0.3) is 5.91 Å². The molecule has 0 aliphatic rings. The van der Waals surface area contributed by atoms with Crippen molar-refractivity contribution in [2.45, 2.75) is 6.10 Å². The number of nitrogens with one attached hydrogen (secondary N) is 1. The fourth-order valence-corrected chi connectivity index (χ4v) is 1.24. The molecule has 0 bridgehead atoms. The van der Waals surface area contributed by atoms with Gasteiger partial charge in [-0.15, -0.1) is 0 Å². The highest BCUT2D eigenvalue weighted by atomic mass is 16.5. The van der Waals surface area contributed by atoms with Crippen LogP contribution in [0.2, 0.25) is 0 Å². The molecule has 102 valence electrons. The zero-order valence-electron chi connectivity index (χ0n) is 10.2. The Labute approximate surface area is 110 Å². The largest absolute Gasteiger partial charge is 0.490 e. The van der Waals surface area contributed by atoms with Gasteiger partial charge in [0.2, 0.25) is 0 Å². The van der Waals surface area contributed by atoms with Gasteiger partial charge < -0.3 is 20.3 Å². The van der Waals surface area contributed by atoms with Crippen LogP contribution in [0.15, 0.2) is 36.9 Å². The van der Waals surface area contributed by atoms with E-state index < -0.39 is 18.0 Å². The van der Waals surface area contributed by atoms with Crippen molar-refractivity contribution in [1.82, 2.24) is 5.32 Å². The van der Waals surface area contributed by atoms with Crippen molar-refractivity contribution in [3.05, 3.63) is 42.5 Å². The Bertz CT molecular complexity index is 455. The number of aliphatic carboxylic acids is 1. The van der Waals surface area contributed by atoms with E-state index in [9.17, 15) is 9.59 Å². The fraction of sp³-hybridized carbons (Fsp3) is 0.231. The van der Waals surface area contributed by atoms with Crippen molar-refractivity contribution in [3.63, 3.8) is 0 Å². The van der Waals surface area contributed by atoms with E-state index >= 15 is 0 Å². The van der Waals surface area contributed by atoms with Gasteiger partial charge in [-0.1, -0.05) is 12.7 Å². The number of hydrogen-bond acceptors (Lipinski definition) is 4. The fourth-order valence-electron chi connectivity index (χ4n) is 1.24. The lowest BCUT2D eigenvalue weighted by molar-refractivity contribution is -0.146. The molecule has 1 atom stereocenters. The van der Waals surface area contributed by atoms with E-state index in [1.54, 1.807) is 30.3 Å². The van der Waals surface area contributed by atoms with Crippen molar-refractivity contribution in [2.75, 3.05) is 13.2 Å². The van der Waals surface area contributed by atoms with Crippen LogP contribution in [0.1, 0.15) is 10.4 Å². The summed E-state index contributed by atoms with van der Waals surface area (Å²) in [5.41, 5.74) is 0.351. The number of amides is 1. The van der Waals surface area contributed by atoms with E-state index in [1.165, 1.54) is 0 Å². The maximum atomic E-state index is 11.6. The van der Waals surface area contributed by atoms with Gasteiger partial charge in [-0.05, 0) is 24.3 Å². The molecule has 1 rings (SSSR count).